The van der Waals surface area contributed by atoms with Crippen LogP contribution in [0, 0.1) is 0 Å². The number of nitrogens with two attached hydrogens (primary N) is 1. The minimum Gasteiger partial charge on any atom is -0.436 e. The van der Waals surface area contributed by atoms with Gasteiger partial charge in [-0.1, -0.05) is 60.7 Å². The summed E-state index contributed by atoms with van der Waals surface area (Å²) in [7, 11) is 0. The molecule has 30 heavy (non-hydrogen) atoms. The summed E-state index contributed by atoms with van der Waals surface area (Å²) in [6.45, 7) is 0. The average Bonchev–Trinajstić information content (AvgIpc) is 3.29. The van der Waals surface area contributed by atoms with Crippen LogP contribution in [0.5, 0.6) is 0 Å². The molecule has 0 spiro atoms. The van der Waals surface area contributed by atoms with Crippen LogP contribution < -0.4 is 5.73 Å². The number of aliphatic hydroxyl groups excluding tert-OH is 1. The molecule has 1 amide bonds. The Balaban J connectivity index is 1.40. The fourth-order valence-electron chi connectivity index (χ4n) is 3.19. The summed E-state index contributed by atoms with van der Waals surface area (Å²) in [5.41, 5.74) is 9.29. The van der Waals surface area contributed by atoms with Crippen molar-refractivity contribution >= 4 is 5.91 Å². The SMILES string of the molecule is NC(=O)c1cccc(-c2cnc(C(O)CCc3ccc(-c4ccccc4)cc3)o2)n1. The summed E-state index contributed by atoms with van der Waals surface area (Å²) >= 11 is 0. The topological polar surface area (TPSA) is 102 Å². The smallest absolute Gasteiger partial charge is 0.267 e. The van der Waals surface area contributed by atoms with Crippen molar-refractivity contribution in [2.24, 2.45) is 5.73 Å². The second kappa shape index (κ2) is 8.71. The standard InChI is InChI=1S/C24H21N3O3/c25-23(29)20-8-4-7-19(27-20)22-15-26-24(30-22)21(28)14-11-16-9-12-18(13-10-16)17-5-2-1-3-6-17/h1-10,12-13,15,21,28H,11,14H2,(H2,25,29). The first-order chi connectivity index (χ1) is 14.6. The Morgan fingerprint density at radius 1 is 0.967 bits per heavy atom. The van der Waals surface area contributed by atoms with Crippen molar-refractivity contribution in [3.63, 3.8) is 0 Å². The third kappa shape index (κ3) is 4.45. The molecule has 6 nitrogen and oxygen atoms in total. The molecule has 2 aromatic carbocycles. The Morgan fingerprint density at radius 2 is 1.70 bits per heavy atom. The number of aryl methyl sites for hydroxylation is 1. The Hall–Kier alpha value is -3.77. The number of amides is 1. The summed E-state index contributed by atoms with van der Waals surface area (Å²) < 4.78 is 5.66. The van der Waals surface area contributed by atoms with Gasteiger partial charge in [0.15, 0.2) is 5.76 Å². The third-order valence-electron chi connectivity index (χ3n) is 4.83. The fraction of sp³-hybridized carbons (Fsp3) is 0.125. The Bertz CT molecular complexity index is 1140. The quantitative estimate of drug-likeness (QED) is 0.486. The summed E-state index contributed by atoms with van der Waals surface area (Å²) in [5.74, 6) is -0.0218. The zero-order chi connectivity index (χ0) is 20.9. The van der Waals surface area contributed by atoms with Crippen molar-refractivity contribution in [1.29, 1.82) is 0 Å². The molecule has 2 heterocycles. The first-order valence-corrected chi connectivity index (χ1v) is 9.65. The van der Waals surface area contributed by atoms with Crippen LogP contribution in [-0.4, -0.2) is 21.0 Å². The summed E-state index contributed by atoms with van der Waals surface area (Å²) in [6.07, 6.45) is 1.80. The Morgan fingerprint density at radius 3 is 2.43 bits per heavy atom. The highest BCUT2D eigenvalue weighted by Gasteiger charge is 2.16. The molecule has 0 aliphatic heterocycles. The fourth-order valence-corrected chi connectivity index (χ4v) is 3.19. The minimum atomic E-state index is -0.841. The summed E-state index contributed by atoms with van der Waals surface area (Å²) in [5, 5.41) is 10.5. The zero-order valence-corrected chi connectivity index (χ0v) is 16.2. The van der Waals surface area contributed by atoms with Crippen LogP contribution in [0.3, 0.4) is 0 Å². The van der Waals surface area contributed by atoms with E-state index in [0.717, 1.165) is 11.1 Å². The largest absolute Gasteiger partial charge is 0.436 e. The lowest BCUT2D eigenvalue weighted by atomic mass is 10.0. The predicted octanol–water partition coefficient (Wildman–Crippen LogP) is 4.17. The molecule has 0 bridgehead atoms. The molecule has 0 fully saturated rings. The summed E-state index contributed by atoms with van der Waals surface area (Å²) in [6, 6.07) is 23.4. The molecule has 4 rings (SSSR count). The maximum atomic E-state index is 11.3. The summed E-state index contributed by atoms with van der Waals surface area (Å²) in [4.78, 5) is 19.6. The van der Waals surface area contributed by atoms with Crippen LogP contribution in [0.1, 0.15) is 34.5 Å². The Labute approximate surface area is 174 Å². The van der Waals surface area contributed by atoms with Crippen LogP contribution in [0.4, 0.5) is 0 Å². The molecule has 4 aromatic rings. The number of oxazole rings is 1. The van der Waals surface area contributed by atoms with Crippen LogP contribution in [-0.2, 0) is 6.42 Å². The molecule has 1 unspecified atom stereocenters. The Kier molecular flexibility index (Phi) is 5.68. The van der Waals surface area contributed by atoms with Gasteiger partial charge >= 0.3 is 0 Å². The highest BCUT2D eigenvalue weighted by atomic mass is 16.4. The van der Waals surface area contributed by atoms with Crippen molar-refractivity contribution in [2.45, 2.75) is 18.9 Å². The van der Waals surface area contributed by atoms with E-state index < -0.39 is 12.0 Å². The maximum absolute atomic E-state index is 11.3. The number of aromatic nitrogens is 2. The predicted molar refractivity (Wildman–Crippen MR) is 113 cm³/mol. The van der Waals surface area contributed by atoms with Gasteiger partial charge in [0.05, 0.1) is 6.20 Å². The number of hydrogen-bond acceptors (Lipinski definition) is 5. The van der Waals surface area contributed by atoms with Crippen molar-refractivity contribution in [3.8, 4) is 22.6 Å². The highest BCUT2D eigenvalue weighted by Crippen LogP contribution is 2.25. The van der Waals surface area contributed by atoms with E-state index in [4.69, 9.17) is 10.2 Å². The van der Waals surface area contributed by atoms with Gasteiger partial charge in [-0.15, -0.1) is 0 Å². The van der Waals surface area contributed by atoms with E-state index in [2.05, 4.69) is 46.4 Å². The number of nitrogens with zero attached hydrogens (tertiary/aromatic N) is 2. The number of rotatable bonds is 7. The first-order valence-electron chi connectivity index (χ1n) is 9.65. The van der Waals surface area contributed by atoms with E-state index in [1.165, 1.54) is 17.8 Å². The van der Waals surface area contributed by atoms with E-state index in [0.29, 0.717) is 24.3 Å². The molecule has 0 aliphatic carbocycles. The van der Waals surface area contributed by atoms with Gasteiger partial charge in [0.25, 0.3) is 5.91 Å². The van der Waals surface area contributed by atoms with Crippen molar-refractivity contribution in [3.05, 3.63) is 96.1 Å². The number of carbonyl (C=O) groups excluding carboxylic acids is 1. The molecule has 6 heteroatoms. The molecule has 2 aromatic heterocycles. The van der Waals surface area contributed by atoms with Gasteiger partial charge in [-0.2, -0.15) is 0 Å². The lowest BCUT2D eigenvalue weighted by molar-refractivity contribution is 0.0995. The molecular weight excluding hydrogens is 378 g/mol. The lowest BCUT2D eigenvalue weighted by Crippen LogP contribution is -2.12. The van der Waals surface area contributed by atoms with Gasteiger partial charge in [-0.05, 0) is 41.7 Å². The van der Waals surface area contributed by atoms with Gasteiger partial charge in [0, 0.05) is 0 Å². The van der Waals surface area contributed by atoms with E-state index in [1.54, 1.807) is 12.1 Å². The van der Waals surface area contributed by atoms with E-state index in [9.17, 15) is 9.90 Å². The highest BCUT2D eigenvalue weighted by molar-refractivity contribution is 5.91. The number of pyridine rings is 1. The van der Waals surface area contributed by atoms with Crippen LogP contribution in [0.15, 0.2) is 83.4 Å². The number of primary amides is 1. The molecule has 0 saturated heterocycles. The van der Waals surface area contributed by atoms with Gasteiger partial charge < -0.3 is 15.3 Å². The molecule has 0 radical (unpaired) electrons. The molecule has 0 aliphatic rings. The number of carbonyl (C=O) groups is 1. The number of hydrogen-bond donors (Lipinski definition) is 2. The third-order valence-corrected chi connectivity index (χ3v) is 4.83. The van der Waals surface area contributed by atoms with Crippen molar-refractivity contribution < 1.29 is 14.3 Å². The monoisotopic (exact) mass is 399 g/mol. The molecule has 1 atom stereocenters. The maximum Gasteiger partial charge on any atom is 0.267 e. The van der Waals surface area contributed by atoms with E-state index in [1.807, 2.05) is 18.2 Å². The van der Waals surface area contributed by atoms with E-state index >= 15 is 0 Å². The number of aliphatic hydroxyl groups is 1. The second-order valence-corrected chi connectivity index (χ2v) is 6.95. The average molecular weight is 399 g/mol. The number of benzene rings is 2. The van der Waals surface area contributed by atoms with Crippen LogP contribution in [0.2, 0.25) is 0 Å². The molecular formula is C24H21N3O3. The van der Waals surface area contributed by atoms with Crippen LogP contribution in [0.25, 0.3) is 22.6 Å². The van der Waals surface area contributed by atoms with Crippen molar-refractivity contribution in [1.82, 2.24) is 9.97 Å². The van der Waals surface area contributed by atoms with Gasteiger partial charge in [-0.25, -0.2) is 9.97 Å². The lowest BCUT2D eigenvalue weighted by Gasteiger charge is -2.08. The second-order valence-electron chi connectivity index (χ2n) is 6.95. The van der Waals surface area contributed by atoms with Gasteiger partial charge in [0.2, 0.25) is 5.89 Å². The van der Waals surface area contributed by atoms with Crippen molar-refractivity contribution in [2.75, 3.05) is 0 Å². The molecule has 0 saturated carbocycles. The zero-order valence-electron chi connectivity index (χ0n) is 16.2. The van der Waals surface area contributed by atoms with Gasteiger partial charge in [-0.3, -0.25) is 4.79 Å². The van der Waals surface area contributed by atoms with E-state index in [-0.39, 0.29) is 11.6 Å². The minimum absolute atomic E-state index is 0.143. The van der Waals surface area contributed by atoms with Crippen LogP contribution >= 0.6 is 0 Å². The first kappa shape index (κ1) is 19.5. The molecule has 150 valence electrons. The molecule has 3 N–H and O–H groups in total. The van der Waals surface area contributed by atoms with Gasteiger partial charge in [0.1, 0.15) is 17.5 Å². The normalized spacial score (nSPS) is 11.9.